The van der Waals surface area contributed by atoms with Crippen molar-refractivity contribution in [2.24, 2.45) is 5.92 Å². The summed E-state index contributed by atoms with van der Waals surface area (Å²) in [4.78, 5) is 0. The Balaban J connectivity index is 2.60. The van der Waals surface area contributed by atoms with E-state index < -0.39 is 0 Å². The summed E-state index contributed by atoms with van der Waals surface area (Å²) in [6.45, 7) is 6.73. The Labute approximate surface area is 114 Å². The molecule has 0 aliphatic heterocycles. The molecule has 0 bridgehead atoms. The zero-order chi connectivity index (χ0) is 11.4. The molecule has 1 atom stereocenters. The molecule has 0 spiro atoms. The first-order valence-corrected chi connectivity index (χ1v) is 7.07. The largest absolute Gasteiger partial charge is 0.383 e. The van der Waals surface area contributed by atoms with Crippen molar-refractivity contribution >= 4 is 44.2 Å². The molecule has 0 saturated heterocycles. The van der Waals surface area contributed by atoms with Crippen LogP contribution in [0.5, 0.6) is 0 Å². The fraction of sp³-hybridized carbons (Fsp3) is 0.500. The lowest BCUT2D eigenvalue weighted by atomic mass is 10.1. The summed E-state index contributed by atoms with van der Waals surface area (Å²) in [6, 6.07) is 6.91. The predicted molar refractivity (Wildman–Crippen MR) is 79.4 cm³/mol. The molecule has 15 heavy (non-hydrogen) atoms. The third kappa shape index (κ3) is 4.72. The maximum Gasteiger partial charge on any atom is 0.0354 e. The Morgan fingerprint density at radius 2 is 2.00 bits per heavy atom. The molecule has 0 amide bonds. The lowest BCUT2D eigenvalue weighted by Gasteiger charge is -2.17. The van der Waals surface area contributed by atoms with E-state index in [1.807, 2.05) is 0 Å². The van der Waals surface area contributed by atoms with Crippen LogP contribution in [0, 0.1) is 9.49 Å². The second-order valence-electron chi connectivity index (χ2n) is 4.30. The molecule has 1 N–H and O–H groups in total. The minimum atomic E-state index is 0.525. The Bertz CT molecular complexity index is 325. The van der Waals surface area contributed by atoms with Gasteiger partial charge in [-0.2, -0.15) is 0 Å². The van der Waals surface area contributed by atoms with Crippen molar-refractivity contribution in [3.8, 4) is 0 Å². The Morgan fingerprint density at radius 1 is 1.33 bits per heavy atom. The van der Waals surface area contributed by atoms with E-state index in [9.17, 15) is 0 Å². The topological polar surface area (TPSA) is 12.0 Å². The Kier molecular flexibility index (Phi) is 5.39. The molecule has 0 saturated carbocycles. The molecule has 0 aliphatic rings. The van der Waals surface area contributed by atoms with Gasteiger partial charge in [0.05, 0.1) is 0 Å². The molecule has 3 heteroatoms. The molecule has 1 rings (SSSR count). The summed E-state index contributed by atoms with van der Waals surface area (Å²) >= 11 is 5.86. The maximum atomic E-state index is 3.54. The van der Waals surface area contributed by atoms with Gasteiger partial charge in [0.2, 0.25) is 0 Å². The zero-order valence-corrected chi connectivity index (χ0v) is 13.1. The number of nitrogens with one attached hydrogen (secondary N) is 1. The van der Waals surface area contributed by atoms with Crippen molar-refractivity contribution in [1.82, 2.24) is 0 Å². The highest BCUT2D eigenvalue weighted by atomic mass is 127. The molecule has 0 aliphatic carbocycles. The third-order valence-electron chi connectivity index (χ3n) is 2.16. The molecule has 1 unspecified atom stereocenters. The smallest absolute Gasteiger partial charge is 0.0354 e. The van der Waals surface area contributed by atoms with Gasteiger partial charge in [0.1, 0.15) is 0 Å². The first-order valence-electron chi connectivity index (χ1n) is 5.20. The van der Waals surface area contributed by atoms with Crippen molar-refractivity contribution in [2.75, 3.05) is 5.32 Å². The van der Waals surface area contributed by atoms with Crippen LogP contribution in [0.25, 0.3) is 0 Å². The fourth-order valence-corrected chi connectivity index (χ4v) is 2.35. The van der Waals surface area contributed by atoms with Gasteiger partial charge in [0, 0.05) is 19.8 Å². The molecule has 1 aromatic rings. The molecule has 1 nitrogen and oxygen atoms in total. The van der Waals surface area contributed by atoms with E-state index in [4.69, 9.17) is 0 Å². The van der Waals surface area contributed by atoms with Crippen molar-refractivity contribution in [3.63, 3.8) is 0 Å². The van der Waals surface area contributed by atoms with E-state index in [1.54, 1.807) is 0 Å². The van der Waals surface area contributed by atoms with Gasteiger partial charge in [0.25, 0.3) is 0 Å². The minimum Gasteiger partial charge on any atom is -0.383 e. The van der Waals surface area contributed by atoms with E-state index in [0.717, 1.165) is 10.4 Å². The quantitative estimate of drug-likeness (QED) is 0.731. The van der Waals surface area contributed by atoms with E-state index in [-0.39, 0.29) is 0 Å². The van der Waals surface area contributed by atoms with Gasteiger partial charge in [-0.3, -0.25) is 0 Å². The van der Waals surface area contributed by atoms with E-state index in [2.05, 4.69) is 82.8 Å². The number of hydrogen-bond acceptors (Lipinski definition) is 1. The molecule has 0 fully saturated rings. The normalized spacial score (nSPS) is 12.9. The summed E-state index contributed by atoms with van der Waals surface area (Å²) < 4.78 is 2.40. The average Bonchev–Trinajstić information content (AvgIpc) is 2.10. The summed E-state index contributed by atoms with van der Waals surface area (Å²) in [5.74, 6) is 0.736. The van der Waals surface area contributed by atoms with Gasteiger partial charge in [-0.1, -0.05) is 13.8 Å². The minimum absolute atomic E-state index is 0.525. The van der Waals surface area contributed by atoms with Crippen molar-refractivity contribution < 1.29 is 0 Å². The maximum absolute atomic E-state index is 3.54. The van der Waals surface area contributed by atoms with Crippen LogP contribution in [-0.4, -0.2) is 6.04 Å². The predicted octanol–water partition coefficient (Wildman–Crippen LogP) is 4.90. The molecular weight excluding hydrogens is 365 g/mol. The van der Waals surface area contributed by atoms with E-state index >= 15 is 0 Å². The van der Waals surface area contributed by atoms with Gasteiger partial charge < -0.3 is 5.32 Å². The van der Waals surface area contributed by atoms with E-state index in [0.29, 0.717) is 6.04 Å². The zero-order valence-electron chi connectivity index (χ0n) is 9.35. The highest BCUT2D eigenvalue weighted by Crippen LogP contribution is 2.23. The van der Waals surface area contributed by atoms with Gasteiger partial charge in [0.15, 0.2) is 0 Å². The van der Waals surface area contributed by atoms with Crippen LogP contribution in [0.2, 0.25) is 0 Å². The highest BCUT2D eigenvalue weighted by Gasteiger charge is 2.05. The molecular formula is C12H17BrIN. The van der Waals surface area contributed by atoms with E-state index in [1.165, 1.54) is 15.7 Å². The average molecular weight is 382 g/mol. The van der Waals surface area contributed by atoms with Crippen molar-refractivity contribution in [3.05, 3.63) is 26.2 Å². The van der Waals surface area contributed by atoms with Crippen LogP contribution in [0.15, 0.2) is 22.7 Å². The van der Waals surface area contributed by atoms with Crippen LogP contribution < -0.4 is 5.32 Å². The number of rotatable bonds is 4. The lowest BCUT2D eigenvalue weighted by molar-refractivity contribution is 0.540. The van der Waals surface area contributed by atoms with Crippen molar-refractivity contribution in [1.29, 1.82) is 0 Å². The number of benzene rings is 1. The SMILES string of the molecule is CC(C)CC(C)Nc1ccc(I)c(Br)c1. The van der Waals surface area contributed by atoms with Crippen LogP contribution in [-0.2, 0) is 0 Å². The van der Waals surface area contributed by atoms with Gasteiger partial charge in [-0.25, -0.2) is 0 Å². The van der Waals surface area contributed by atoms with Crippen LogP contribution in [0.3, 0.4) is 0 Å². The van der Waals surface area contributed by atoms with Crippen LogP contribution >= 0.6 is 38.5 Å². The first kappa shape index (κ1) is 13.3. The standard InChI is InChI=1S/C12H17BrIN/c1-8(2)6-9(3)15-10-4-5-12(14)11(13)7-10/h4-5,7-9,15H,6H2,1-3H3. The fourth-order valence-electron chi connectivity index (χ4n) is 1.64. The molecule has 0 aromatic heterocycles. The molecule has 84 valence electrons. The Morgan fingerprint density at radius 3 is 2.53 bits per heavy atom. The highest BCUT2D eigenvalue weighted by molar-refractivity contribution is 14.1. The monoisotopic (exact) mass is 381 g/mol. The summed E-state index contributed by atoms with van der Waals surface area (Å²) in [5, 5.41) is 3.51. The van der Waals surface area contributed by atoms with Crippen molar-refractivity contribution in [2.45, 2.75) is 33.2 Å². The van der Waals surface area contributed by atoms with Gasteiger partial charge in [-0.15, -0.1) is 0 Å². The van der Waals surface area contributed by atoms with Crippen LogP contribution in [0.1, 0.15) is 27.2 Å². The summed E-state index contributed by atoms with van der Waals surface area (Å²) in [7, 11) is 0. The number of anilines is 1. The molecule has 1 aromatic carbocycles. The lowest BCUT2D eigenvalue weighted by Crippen LogP contribution is -2.17. The number of hydrogen-bond donors (Lipinski definition) is 1. The van der Waals surface area contributed by atoms with Crippen LogP contribution in [0.4, 0.5) is 5.69 Å². The second kappa shape index (κ2) is 6.09. The third-order valence-corrected chi connectivity index (χ3v) is 4.50. The molecule has 0 heterocycles. The molecule has 0 radical (unpaired) electrons. The van der Waals surface area contributed by atoms with Gasteiger partial charge >= 0.3 is 0 Å². The first-order chi connectivity index (χ1) is 6.99. The number of halogens is 2. The summed E-state index contributed by atoms with van der Waals surface area (Å²) in [5.41, 5.74) is 1.19. The summed E-state index contributed by atoms with van der Waals surface area (Å²) in [6.07, 6.45) is 1.20. The Hall–Kier alpha value is 0.230. The van der Waals surface area contributed by atoms with Gasteiger partial charge in [-0.05, 0) is 76.0 Å². The second-order valence-corrected chi connectivity index (χ2v) is 6.32.